The van der Waals surface area contributed by atoms with Crippen LogP contribution in [0.25, 0.3) is 0 Å². The molecule has 3 aromatic carbocycles. The van der Waals surface area contributed by atoms with E-state index in [-0.39, 0.29) is 18.4 Å². The van der Waals surface area contributed by atoms with Gasteiger partial charge in [0.05, 0.1) is 6.04 Å². The number of anilines is 1. The average Bonchev–Trinajstić information content (AvgIpc) is 2.84. The number of rotatable bonds is 2. The molecule has 0 aromatic heterocycles. The largest absolute Gasteiger partial charge is 0.324 e. The van der Waals surface area contributed by atoms with Gasteiger partial charge in [0.15, 0.2) is 0 Å². The van der Waals surface area contributed by atoms with E-state index in [4.69, 9.17) is 11.6 Å². The minimum absolute atomic E-state index is 0.0548. The predicted molar refractivity (Wildman–Crippen MR) is 114 cm³/mol. The third kappa shape index (κ3) is 3.68. The van der Waals surface area contributed by atoms with Crippen LogP contribution in [0, 0.1) is 0 Å². The fraction of sp³-hybridized carbons (Fsp3) is 0.0909. The molecule has 0 radical (unpaired) electrons. The van der Waals surface area contributed by atoms with Crippen molar-refractivity contribution in [3.63, 3.8) is 0 Å². The predicted octanol–water partition coefficient (Wildman–Crippen LogP) is 5.29. The standard InChI is InChI=1S/C22H16BrClN2O2/c23-16-8-6-15(7-9-16)22(28)26-13-20(27)25-19-11-10-17(24)12-18(19)21(26)14-4-2-1-3-5-14/h1-12,21H,13H2,(H,25,27). The highest BCUT2D eigenvalue weighted by atomic mass is 79.9. The second-order valence-electron chi connectivity index (χ2n) is 6.53. The van der Waals surface area contributed by atoms with Gasteiger partial charge >= 0.3 is 0 Å². The minimum atomic E-state index is -0.440. The van der Waals surface area contributed by atoms with E-state index in [1.807, 2.05) is 48.5 Å². The van der Waals surface area contributed by atoms with E-state index in [1.165, 1.54) is 0 Å². The number of fused-ring (bicyclic) bond motifs is 1. The maximum atomic E-state index is 13.4. The fourth-order valence-electron chi connectivity index (χ4n) is 3.42. The SMILES string of the molecule is O=C1CN(C(=O)c2ccc(Br)cc2)C(c2ccccc2)c2cc(Cl)ccc2N1. The summed E-state index contributed by atoms with van der Waals surface area (Å²) in [7, 11) is 0. The summed E-state index contributed by atoms with van der Waals surface area (Å²) < 4.78 is 0.884. The van der Waals surface area contributed by atoms with E-state index < -0.39 is 6.04 Å². The monoisotopic (exact) mass is 454 g/mol. The van der Waals surface area contributed by atoms with Crippen molar-refractivity contribution >= 4 is 45.0 Å². The van der Waals surface area contributed by atoms with E-state index in [2.05, 4.69) is 21.2 Å². The molecule has 0 spiro atoms. The lowest BCUT2D eigenvalue weighted by molar-refractivity contribution is -0.117. The average molecular weight is 456 g/mol. The molecule has 140 valence electrons. The Morgan fingerprint density at radius 1 is 1.04 bits per heavy atom. The summed E-state index contributed by atoms with van der Waals surface area (Å²) in [4.78, 5) is 27.5. The fourth-order valence-corrected chi connectivity index (χ4v) is 3.86. The Bertz CT molecular complexity index is 1040. The zero-order chi connectivity index (χ0) is 19.7. The molecule has 3 aromatic rings. The molecule has 1 N–H and O–H groups in total. The first-order chi connectivity index (χ1) is 13.5. The van der Waals surface area contributed by atoms with Gasteiger partial charge in [0.2, 0.25) is 5.91 Å². The Morgan fingerprint density at radius 3 is 2.46 bits per heavy atom. The van der Waals surface area contributed by atoms with Gasteiger partial charge in [0, 0.05) is 26.3 Å². The lowest BCUT2D eigenvalue weighted by Crippen LogP contribution is -2.38. The number of carbonyl (C=O) groups is 2. The van der Waals surface area contributed by atoms with Crippen LogP contribution < -0.4 is 5.32 Å². The zero-order valence-electron chi connectivity index (χ0n) is 14.7. The molecule has 0 bridgehead atoms. The number of carbonyl (C=O) groups excluding carboxylic acids is 2. The van der Waals surface area contributed by atoms with Crippen LogP contribution in [0.2, 0.25) is 5.02 Å². The van der Waals surface area contributed by atoms with Crippen molar-refractivity contribution in [2.75, 3.05) is 11.9 Å². The number of hydrogen-bond acceptors (Lipinski definition) is 2. The van der Waals surface area contributed by atoms with Gasteiger partial charge in [0.1, 0.15) is 6.54 Å². The summed E-state index contributed by atoms with van der Waals surface area (Å²) in [5.41, 5.74) is 2.87. The number of nitrogens with zero attached hydrogens (tertiary/aromatic N) is 1. The summed E-state index contributed by atoms with van der Waals surface area (Å²) in [5, 5.41) is 3.44. The first-order valence-electron chi connectivity index (χ1n) is 8.74. The zero-order valence-corrected chi connectivity index (χ0v) is 17.1. The molecule has 2 amide bonds. The Kier molecular flexibility index (Phi) is 5.20. The van der Waals surface area contributed by atoms with Crippen LogP contribution in [-0.2, 0) is 4.79 Å². The third-order valence-corrected chi connectivity index (χ3v) is 5.44. The van der Waals surface area contributed by atoms with Crippen LogP contribution in [0.15, 0.2) is 77.3 Å². The summed E-state index contributed by atoms with van der Waals surface area (Å²) in [6.07, 6.45) is 0. The van der Waals surface area contributed by atoms with Crippen molar-refractivity contribution < 1.29 is 9.59 Å². The number of hydrogen-bond donors (Lipinski definition) is 1. The maximum Gasteiger partial charge on any atom is 0.255 e. The van der Waals surface area contributed by atoms with Gasteiger partial charge in [-0.1, -0.05) is 57.9 Å². The molecule has 0 saturated carbocycles. The van der Waals surface area contributed by atoms with Crippen molar-refractivity contribution in [1.29, 1.82) is 0 Å². The van der Waals surface area contributed by atoms with E-state index in [0.29, 0.717) is 16.3 Å². The molecular formula is C22H16BrClN2O2. The van der Waals surface area contributed by atoms with Crippen molar-refractivity contribution in [2.45, 2.75) is 6.04 Å². The first kappa shape index (κ1) is 18.7. The highest BCUT2D eigenvalue weighted by Gasteiger charge is 2.34. The Morgan fingerprint density at radius 2 is 1.75 bits per heavy atom. The normalized spacial score (nSPS) is 16.1. The highest BCUT2D eigenvalue weighted by molar-refractivity contribution is 9.10. The molecule has 1 atom stereocenters. The molecule has 28 heavy (non-hydrogen) atoms. The molecule has 4 nitrogen and oxygen atoms in total. The maximum absolute atomic E-state index is 13.4. The number of benzene rings is 3. The van der Waals surface area contributed by atoms with Gasteiger partial charge in [-0.15, -0.1) is 0 Å². The van der Waals surface area contributed by atoms with Crippen molar-refractivity contribution in [3.05, 3.63) is 99.0 Å². The summed E-state index contributed by atoms with van der Waals surface area (Å²) >= 11 is 9.65. The lowest BCUT2D eigenvalue weighted by atomic mass is 9.95. The van der Waals surface area contributed by atoms with Crippen molar-refractivity contribution in [2.24, 2.45) is 0 Å². The molecule has 0 fully saturated rings. The van der Waals surface area contributed by atoms with Crippen molar-refractivity contribution in [3.8, 4) is 0 Å². The molecule has 1 aliphatic heterocycles. The Hall–Kier alpha value is -2.63. The molecular weight excluding hydrogens is 440 g/mol. The number of amides is 2. The van der Waals surface area contributed by atoms with Crippen LogP contribution in [0.5, 0.6) is 0 Å². The van der Waals surface area contributed by atoms with E-state index in [0.717, 1.165) is 15.6 Å². The third-order valence-electron chi connectivity index (χ3n) is 4.68. The van der Waals surface area contributed by atoms with Gasteiger partial charge < -0.3 is 10.2 Å². The van der Waals surface area contributed by atoms with Crippen molar-refractivity contribution in [1.82, 2.24) is 4.90 Å². The lowest BCUT2D eigenvalue weighted by Gasteiger charge is -2.30. The Labute approximate surface area is 176 Å². The van der Waals surface area contributed by atoms with Gasteiger partial charge in [-0.2, -0.15) is 0 Å². The van der Waals surface area contributed by atoms with Gasteiger partial charge in [-0.3, -0.25) is 9.59 Å². The van der Waals surface area contributed by atoms with Gasteiger partial charge in [-0.05, 0) is 48.0 Å². The molecule has 1 heterocycles. The number of halogens is 2. The second kappa shape index (κ2) is 7.78. The first-order valence-corrected chi connectivity index (χ1v) is 9.91. The topological polar surface area (TPSA) is 49.4 Å². The van der Waals surface area contributed by atoms with E-state index in [9.17, 15) is 9.59 Å². The van der Waals surface area contributed by atoms with Crippen LogP contribution in [0.3, 0.4) is 0 Å². The summed E-state index contributed by atoms with van der Waals surface area (Å²) in [5.74, 6) is -0.461. The van der Waals surface area contributed by atoms with E-state index in [1.54, 1.807) is 29.2 Å². The van der Waals surface area contributed by atoms with Gasteiger partial charge in [-0.25, -0.2) is 0 Å². The highest BCUT2D eigenvalue weighted by Crippen LogP contribution is 2.37. The molecule has 0 saturated heterocycles. The molecule has 0 aliphatic carbocycles. The molecule has 6 heteroatoms. The van der Waals surface area contributed by atoms with Gasteiger partial charge in [0.25, 0.3) is 5.91 Å². The number of nitrogens with one attached hydrogen (secondary N) is 1. The quantitative estimate of drug-likeness (QED) is 0.571. The summed E-state index contributed by atoms with van der Waals surface area (Å²) in [6.45, 7) is -0.0548. The minimum Gasteiger partial charge on any atom is -0.324 e. The van der Waals surface area contributed by atoms with Crippen LogP contribution in [-0.4, -0.2) is 23.3 Å². The Balaban J connectivity index is 1.88. The molecule has 4 rings (SSSR count). The second-order valence-corrected chi connectivity index (χ2v) is 7.89. The van der Waals surface area contributed by atoms with Crippen LogP contribution in [0.4, 0.5) is 5.69 Å². The van der Waals surface area contributed by atoms with Crippen LogP contribution in [0.1, 0.15) is 27.5 Å². The molecule has 1 aliphatic rings. The van der Waals surface area contributed by atoms with Crippen LogP contribution >= 0.6 is 27.5 Å². The smallest absolute Gasteiger partial charge is 0.255 e. The molecule has 1 unspecified atom stereocenters. The summed E-state index contributed by atoms with van der Waals surface area (Å²) in [6, 6.07) is 21.7. The van der Waals surface area contributed by atoms with E-state index >= 15 is 0 Å².